The molecule has 0 amide bonds. The van der Waals surface area contributed by atoms with E-state index >= 15 is 0 Å². The zero-order valence-corrected chi connectivity index (χ0v) is 9.39. The van der Waals surface area contributed by atoms with Crippen molar-refractivity contribution < 1.29 is 0 Å². The van der Waals surface area contributed by atoms with Crippen molar-refractivity contribution in [2.24, 2.45) is 0 Å². The van der Waals surface area contributed by atoms with Gasteiger partial charge in [-0.1, -0.05) is 25.6 Å². The highest BCUT2D eigenvalue weighted by Crippen LogP contribution is 2.28. The van der Waals surface area contributed by atoms with Gasteiger partial charge in [0.2, 0.25) is 5.82 Å². The summed E-state index contributed by atoms with van der Waals surface area (Å²) in [4.78, 5) is 4.39. The molecule has 0 bridgehead atoms. The number of aromatic nitrogens is 5. The molecule has 5 nitrogen and oxygen atoms in total. The fraction of sp³-hybridized carbons (Fsp3) is 0.429. The quantitative estimate of drug-likeness (QED) is 0.810. The van der Waals surface area contributed by atoms with Crippen LogP contribution in [0, 0.1) is 0 Å². The third-order valence-electron chi connectivity index (χ3n) is 1.39. The Bertz CT molecular complexity index is 394. The minimum absolute atomic E-state index is 0.541. The van der Waals surface area contributed by atoms with Gasteiger partial charge in [0.1, 0.15) is 5.69 Å². The van der Waals surface area contributed by atoms with E-state index < -0.39 is 0 Å². The number of thiazole rings is 1. The maximum Gasteiger partial charge on any atom is 0.223 e. The molecule has 2 aromatic rings. The second kappa shape index (κ2) is 4.05. The molecule has 0 radical (unpaired) electrons. The molecule has 74 valence electrons. The molecule has 0 aliphatic heterocycles. The molecule has 0 unspecified atom stereocenters. The zero-order valence-electron chi connectivity index (χ0n) is 7.76. The Hall–Kier alpha value is -0.950. The van der Waals surface area contributed by atoms with E-state index in [-0.39, 0.29) is 0 Å². The van der Waals surface area contributed by atoms with Crippen molar-refractivity contribution in [3.05, 3.63) is 5.38 Å². The molecule has 2 heterocycles. The number of thioether (sulfide) groups is 1. The Morgan fingerprint density at radius 2 is 2.36 bits per heavy atom. The normalized spacial score (nSPS) is 11.1. The summed E-state index contributed by atoms with van der Waals surface area (Å²) in [5.74, 6) is 0.553. The SMILES string of the molecule is CC(C)Sc1nc(-c2nn[nH]n2)cs1. The standard InChI is InChI=1S/C7H9N5S2/c1-4(2)14-7-8-5(3-13-7)6-9-11-12-10-6/h3-4H,1-2H3,(H,9,10,11,12). The summed E-state index contributed by atoms with van der Waals surface area (Å²) >= 11 is 3.34. The van der Waals surface area contributed by atoms with Crippen molar-refractivity contribution in [2.45, 2.75) is 23.4 Å². The lowest BCUT2D eigenvalue weighted by Gasteiger charge is -1.97. The summed E-state index contributed by atoms with van der Waals surface area (Å²) < 4.78 is 1.04. The average Bonchev–Trinajstić information content (AvgIpc) is 2.69. The molecule has 0 saturated heterocycles. The molecule has 0 aromatic carbocycles. The first kappa shape index (κ1) is 9.60. The third kappa shape index (κ3) is 2.10. The Kier molecular flexibility index (Phi) is 2.78. The summed E-state index contributed by atoms with van der Waals surface area (Å²) in [6.45, 7) is 4.28. The number of aromatic amines is 1. The van der Waals surface area contributed by atoms with Gasteiger partial charge in [0.25, 0.3) is 0 Å². The smallest absolute Gasteiger partial charge is 0.223 e. The van der Waals surface area contributed by atoms with Crippen LogP contribution in [0.5, 0.6) is 0 Å². The molecule has 0 spiro atoms. The van der Waals surface area contributed by atoms with E-state index in [0.29, 0.717) is 11.1 Å². The molecule has 1 N–H and O–H groups in total. The molecule has 2 aromatic heterocycles. The number of nitrogens with zero attached hydrogens (tertiary/aromatic N) is 4. The molecular weight excluding hydrogens is 218 g/mol. The number of hydrogen-bond acceptors (Lipinski definition) is 6. The van der Waals surface area contributed by atoms with Gasteiger partial charge in [0.15, 0.2) is 4.34 Å². The van der Waals surface area contributed by atoms with Gasteiger partial charge in [0, 0.05) is 10.6 Å². The Balaban J connectivity index is 2.18. The summed E-state index contributed by atoms with van der Waals surface area (Å²) in [6.07, 6.45) is 0. The third-order valence-corrected chi connectivity index (χ3v) is 3.37. The van der Waals surface area contributed by atoms with Gasteiger partial charge in [-0.2, -0.15) is 5.21 Å². The van der Waals surface area contributed by atoms with E-state index in [1.807, 2.05) is 5.38 Å². The maximum absolute atomic E-state index is 4.39. The van der Waals surface area contributed by atoms with Crippen LogP contribution < -0.4 is 0 Å². The summed E-state index contributed by atoms with van der Waals surface area (Å²) in [5, 5.41) is 16.1. The monoisotopic (exact) mass is 227 g/mol. The number of hydrogen-bond donors (Lipinski definition) is 1. The first-order valence-electron chi connectivity index (χ1n) is 4.11. The summed E-state index contributed by atoms with van der Waals surface area (Å²) in [7, 11) is 0. The van der Waals surface area contributed by atoms with Gasteiger partial charge in [0.05, 0.1) is 0 Å². The lowest BCUT2D eigenvalue weighted by atomic mass is 10.5. The molecule has 0 saturated carbocycles. The molecule has 0 fully saturated rings. The fourth-order valence-electron chi connectivity index (χ4n) is 0.886. The molecule has 14 heavy (non-hydrogen) atoms. The topological polar surface area (TPSA) is 67.3 Å². The number of rotatable bonds is 3. The van der Waals surface area contributed by atoms with Gasteiger partial charge in [-0.05, 0) is 5.21 Å². The predicted molar refractivity (Wildman–Crippen MR) is 56.3 cm³/mol. The van der Waals surface area contributed by atoms with E-state index in [2.05, 4.69) is 39.5 Å². The molecule has 0 aliphatic carbocycles. The molecule has 2 rings (SSSR count). The number of tetrazole rings is 1. The number of nitrogens with one attached hydrogen (secondary N) is 1. The fourth-order valence-corrected chi connectivity index (χ4v) is 2.91. The predicted octanol–water partition coefficient (Wildman–Crippen LogP) is 1.82. The maximum atomic E-state index is 4.39. The zero-order chi connectivity index (χ0) is 9.97. The van der Waals surface area contributed by atoms with Crippen molar-refractivity contribution in [3.63, 3.8) is 0 Å². The minimum Gasteiger partial charge on any atom is -0.226 e. The first-order chi connectivity index (χ1) is 6.75. The highest BCUT2D eigenvalue weighted by atomic mass is 32.2. The van der Waals surface area contributed by atoms with E-state index in [4.69, 9.17) is 0 Å². The van der Waals surface area contributed by atoms with E-state index in [1.54, 1.807) is 23.1 Å². The van der Waals surface area contributed by atoms with Crippen molar-refractivity contribution in [2.75, 3.05) is 0 Å². The van der Waals surface area contributed by atoms with E-state index in [9.17, 15) is 0 Å². The van der Waals surface area contributed by atoms with Crippen LogP contribution in [-0.4, -0.2) is 30.9 Å². The van der Waals surface area contributed by atoms with Crippen molar-refractivity contribution in [1.29, 1.82) is 0 Å². The van der Waals surface area contributed by atoms with Crippen LogP contribution in [0.4, 0.5) is 0 Å². The molecule has 0 aliphatic rings. The summed E-state index contributed by atoms with van der Waals surface area (Å²) in [5.41, 5.74) is 0.784. The molecule has 7 heteroatoms. The highest BCUT2D eigenvalue weighted by molar-refractivity contribution is 8.01. The van der Waals surface area contributed by atoms with Crippen LogP contribution in [0.3, 0.4) is 0 Å². The van der Waals surface area contributed by atoms with Gasteiger partial charge >= 0.3 is 0 Å². The molecule has 0 atom stereocenters. The van der Waals surface area contributed by atoms with Crippen LogP contribution in [0.1, 0.15) is 13.8 Å². The van der Waals surface area contributed by atoms with Crippen molar-refractivity contribution in [3.8, 4) is 11.5 Å². The number of H-pyrrole nitrogens is 1. The van der Waals surface area contributed by atoms with Crippen LogP contribution in [-0.2, 0) is 0 Å². The van der Waals surface area contributed by atoms with Gasteiger partial charge in [-0.15, -0.1) is 21.5 Å². The van der Waals surface area contributed by atoms with Crippen molar-refractivity contribution >= 4 is 23.1 Å². The van der Waals surface area contributed by atoms with Crippen LogP contribution in [0.25, 0.3) is 11.5 Å². The van der Waals surface area contributed by atoms with Crippen molar-refractivity contribution in [1.82, 2.24) is 25.6 Å². The molecular formula is C7H9N5S2. The van der Waals surface area contributed by atoms with E-state index in [0.717, 1.165) is 10.0 Å². The highest BCUT2D eigenvalue weighted by Gasteiger charge is 2.09. The van der Waals surface area contributed by atoms with Gasteiger partial charge in [-0.25, -0.2) is 4.98 Å². The van der Waals surface area contributed by atoms with Gasteiger partial charge < -0.3 is 0 Å². The summed E-state index contributed by atoms with van der Waals surface area (Å²) in [6, 6.07) is 0. The Morgan fingerprint density at radius 1 is 1.50 bits per heavy atom. The average molecular weight is 227 g/mol. The lowest BCUT2D eigenvalue weighted by molar-refractivity contribution is 0.881. The van der Waals surface area contributed by atoms with Crippen LogP contribution >= 0.6 is 23.1 Å². The first-order valence-corrected chi connectivity index (χ1v) is 5.87. The lowest BCUT2D eigenvalue weighted by Crippen LogP contribution is -1.85. The Labute approximate surface area is 89.3 Å². The van der Waals surface area contributed by atoms with Crippen LogP contribution in [0.15, 0.2) is 9.72 Å². The second-order valence-electron chi connectivity index (χ2n) is 2.90. The minimum atomic E-state index is 0.541. The largest absolute Gasteiger partial charge is 0.226 e. The second-order valence-corrected chi connectivity index (χ2v) is 5.58. The van der Waals surface area contributed by atoms with Gasteiger partial charge in [-0.3, -0.25) is 0 Å². The Morgan fingerprint density at radius 3 is 3.00 bits per heavy atom. The van der Waals surface area contributed by atoms with E-state index in [1.165, 1.54) is 0 Å². The van der Waals surface area contributed by atoms with Crippen LogP contribution in [0.2, 0.25) is 0 Å².